The zero-order valence-corrected chi connectivity index (χ0v) is 17.1. The lowest BCUT2D eigenvalue weighted by Crippen LogP contribution is -2.50. The second kappa shape index (κ2) is 7.39. The number of rotatable bonds is 4. The number of benzene rings is 1. The number of pyridine rings is 1. The van der Waals surface area contributed by atoms with Gasteiger partial charge < -0.3 is 19.3 Å². The van der Waals surface area contributed by atoms with E-state index in [0.29, 0.717) is 35.8 Å². The highest BCUT2D eigenvalue weighted by atomic mass is 16.5. The average molecular weight is 395 g/mol. The van der Waals surface area contributed by atoms with E-state index in [0.717, 1.165) is 17.7 Å². The van der Waals surface area contributed by atoms with Crippen molar-refractivity contribution in [3.05, 3.63) is 52.8 Å². The van der Waals surface area contributed by atoms with Crippen LogP contribution >= 0.6 is 0 Å². The minimum atomic E-state index is -0.0927. The first-order valence-electron chi connectivity index (χ1n) is 9.72. The van der Waals surface area contributed by atoms with E-state index < -0.39 is 0 Å². The van der Waals surface area contributed by atoms with Gasteiger partial charge in [0.25, 0.3) is 11.8 Å². The maximum absolute atomic E-state index is 13.2. The van der Waals surface area contributed by atoms with E-state index in [1.165, 1.54) is 0 Å². The van der Waals surface area contributed by atoms with Crippen LogP contribution in [-0.2, 0) is 0 Å². The SMILES string of the molecule is COc1ccc(OC)c(C(=O)N2CCN(C(=O)c3cc(C)cc(C)n3)C3CC32)c1. The van der Waals surface area contributed by atoms with Crippen LogP contribution in [0.2, 0.25) is 0 Å². The summed E-state index contributed by atoms with van der Waals surface area (Å²) in [5.41, 5.74) is 2.81. The van der Waals surface area contributed by atoms with E-state index in [2.05, 4.69) is 4.98 Å². The van der Waals surface area contributed by atoms with Gasteiger partial charge in [0.05, 0.1) is 31.9 Å². The second-order valence-corrected chi connectivity index (χ2v) is 7.60. The topological polar surface area (TPSA) is 72.0 Å². The van der Waals surface area contributed by atoms with Gasteiger partial charge in [0.1, 0.15) is 17.2 Å². The molecule has 2 aromatic rings. The normalized spacial score (nSPS) is 20.1. The lowest BCUT2D eigenvalue weighted by molar-refractivity contribution is 0.0521. The predicted molar refractivity (Wildman–Crippen MR) is 108 cm³/mol. The van der Waals surface area contributed by atoms with E-state index in [-0.39, 0.29) is 23.9 Å². The van der Waals surface area contributed by atoms with Gasteiger partial charge in [0, 0.05) is 18.8 Å². The van der Waals surface area contributed by atoms with Gasteiger partial charge in [0.2, 0.25) is 0 Å². The van der Waals surface area contributed by atoms with E-state index in [4.69, 9.17) is 9.47 Å². The summed E-state index contributed by atoms with van der Waals surface area (Å²) in [6.45, 7) is 4.83. The standard InChI is InChI=1S/C22H25N3O4/c1-13-9-14(2)23-17(10-13)22(27)25-8-7-24(18-12-19(18)25)21(26)16-11-15(28-3)5-6-20(16)29-4/h5-6,9-11,18-19H,7-8,12H2,1-4H3. The number of amides is 2. The van der Waals surface area contributed by atoms with E-state index in [1.54, 1.807) is 32.4 Å². The summed E-state index contributed by atoms with van der Waals surface area (Å²) in [6.07, 6.45) is 0.786. The quantitative estimate of drug-likeness (QED) is 0.795. The van der Waals surface area contributed by atoms with E-state index in [9.17, 15) is 9.59 Å². The molecule has 4 rings (SSSR count). The molecule has 0 bridgehead atoms. The number of piperazine rings is 1. The number of carbonyl (C=O) groups excluding carboxylic acids is 2. The second-order valence-electron chi connectivity index (χ2n) is 7.60. The van der Waals surface area contributed by atoms with Crippen LogP contribution in [-0.4, -0.2) is 66.0 Å². The lowest BCUT2D eigenvalue weighted by atomic mass is 10.1. The van der Waals surface area contributed by atoms with Crippen LogP contribution in [0.25, 0.3) is 0 Å². The van der Waals surface area contributed by atoms with Gasteiger partial charge >= 0.3 is 0 Å². The molecule has 2 heterocycles. The van der Waals surface area contributed by atoms with Crippen molar-refractivity contribution in [1.82, 2.24) is 14.8 Å². The van der Waals surface area contributed by atoms with Crippen LogP contribution in [0.5, 0.6) is 11.5 Å². The highest BCUT2D eigenvalue weighted by Crippen LogP contribution is 2.39. The summed E-state index contributed by atoms with van der Waals surface area (Å²) >= 11 is 0. The Hall–Kier alpha value is -3.09. The number of hydrogen-bond acceptors (Lipinski definition) is 5. The maximum Gasteiger partial charge on any atom is 0.272 e. The smallest absolute Gasteiger partial charge is 0.272 e. The molecule has 152 valence electrons. The number of aromatic nitrogens is 1. The molecule has 2 fully saturated rings. The summed E-state index contributed by atoms with van der Waals surface area (Å²) < 4.78 is 10.6. The van der Waals surface area contributed by atoms with Crippen LogP contribution < -0.4 is 9.47 Å². The molecule has 2 unspecified atom stereocenters. The molecule has 0 N–H and O–H groups in total. The van der Waals surface area contributed by atoms with Crippen LogP contribution in [0.3, 0.4) is 0 Å². The fourth-order valence-corrected chi connectivity index (χ4v) is 4.12. The molecule has 2 amide bonds. The molecule has 2 aliphatic rings. The number of nitrogens with zero attached hydrogens (tertiary/aromatic N) is 3. The van der Waals surface area contributed by atoms with Crippen LogP contribution in [0.1, 0.15) is 38.5 Å². The van der Waals surface area contributed by atoms with Crippen molar-refractivity contribution in [3.8, 4) is 11.5 Å². The Kier molecular flexibility index (Phi) is 4.90. The first-order valence-corrected chi connectivity index (χ1v) is 9.72. The molecule has 1 aliphatic heterocycles. The van der Waals surface area contributed by atoms with E-state index in [1.807, 2.05) is 35.8 Å². The number of carbonyl (C=O) groups is 2. The van der Waals surface area contributed by atoms with Gasteiger partial charge in [-0.05, 0) is 56.2 Å². The van der Waals surface area contributed by atoms with Crippen molar-refractivity contribution >= 4 is 11.8 Å². The summed E-state index contributed by atoms with van der Waals surface area (Å²) in [5, 5.41) is 0. The van der Waals surface area contributed by atoms with Crippen LogP contribution in [0.4, 0.5) is 0 Å². The summed E-state index contributed by atoms with van der Waals surface area (Å²) in [5.74, 6) is 0.974. The Balaban J connectivity index is 1.52. The largest absolute Gasteiger partial charge is 0.497 e. The molecular weight excluding hydrogens is 370 g/mol. The fraction of sp³-hybridized carbons (Fsp3) is 0.409. The van der Waals surface area contributed by atoms with Crippen LogP contribution in [0, 0.1) is 13.8 Å². The lowest BCUT2D eigenvalue weighted by Gasteiger charge is -2.34. The third-order valence-electron chi connectivity index (χ3n) is 5.58. The van der Waals surface area contributed by atoms with Gasteiger partial charge in [-0.3, -0.25) is 9.59 Å². The number of hydrogen-bond donors (Lipinski definition) is 0. The van der Waals surface area contributed by atoms with Gasteiger partial charge in [-0.2, -0.15) is 0 Å². The molecule has 1 aliphatic carbocycles. The maximum atomic E-state index is 13.2. The summed E-state index contributed by atoms with van der Waals surface area (Å²) in [6, 6.07) is 9.06. The summed E-state index contributed by atoms with van der Waals surface area (Å²) in [7, 11) is 3.12. The zero-order chi connectivity index (χ0) is 20.7. The van der Waals surface area contributed by atoms with Crippen molar-refractivity contribution in [2.75, 3.05) is 27.3 Å². The van der Waals surface area contributed by atoms with E-state index >= 15 is 0 Å². The van der Waals surface area contributed by atoms with Gasteiger partial charge in [-0.25, -0.2) is 4.98 Å². The first-order chi connectivity index (χ1) is 13.9. The molecule has 1 aromatic carbocycles. The van der Waals surface area contributed by atoms with Gasteiger partial charge in [0.15, 0.2) is 0 Å². The average Bonchev–Trinajstić information content (AvgIpc) is 3.51. The highest BCUT2D eigenvalue weighted by molar-refractivity contribution is 5.98. The third-order valence-corrected chi connectivity index (χ3v) is 5.58. The number of fused-ring (bicyclic) bond motifs is 1. The minimum absolute atomic E-state index is 0.0296. The number of methoxy groups -OCH3 is 2. The van der Waals surface area contributed by atoms with Crippen molar-refractivity contribution in [3.63, 3.8) is 0 Å². The van der Waals surface area contributed by atoms with Crippen molar-refractivity contribution in [2.45, 2.75) is 32.4 Å². The first kappa shape index (κ1) is 19.2. The molecule has 1 aromatic heterocycles. The monoisotopic (exact) mass is 395 g/mol. The van der Waals surface area contributed by atoms with Crippen molar-refractivity contribution in [1.29, 1.82) is 0 Å². The number of aryl methyl sites for hydroxylation is 2. The Morgan fingerprint density at radius 3 is 2.28 bits per heavy atom. The van der Waals surface area contributed by atoms with Crippen molar-refractivity contribution < 1.29 is 19.1 Å². The Morgan fingerprint density at radius 2 is 1.66 bits per heavy atom. The third kappa shape index (κ3) is 3.52. The number of ether oxygens (including phenoxy) is 2. The molecule has 1 saturated carbocycles. The molecule has 7 heteroatoms. The zero-order valence-electron chi connectivity index (χ0n) is 17.1. The Bertz CT molecular complexity index is 954. The molecule has 0 spiro atoms. The van der Waals surface area contributed by atoms with Crippen molar-refractivity contribution in [2.24, 2.45) is 0 Å². The van der Waals surface area contributed by atoms with Gasteiger partial charge in [-0.1, -0.05) is 0 Å². The fourth-order valence-electron chi connectivity index (χ4n) is 4.12. The summed E-state index contributed by atoms with van der Waals surface area (Å²) in [4.78, 5) is 34.3. The predicted octanol–water partition coefficient (Wildman–Crippen LogP) is 2.45. The van der Waals surface area contributed by atoms with Gasteiger partial charge in [-0.15, -0.1) is 0 Å². The molecule has 0 radical (unpaired) electrons. The molecule has 7 nitrogen and oxygen atoms in total. The highest BCUT2D eigenvalue weighted by Gasteiger charge is 2.52. The molecule has 2 atom stereocenters. The molecule has 1 saturated heterocycles. The molecular formula is C22H25N3O4. The van der Waals surface area contributed by atoms with Crippen LogP contribution in [0.15, 0.2) is 30.3 Å². The molecule has 29 heavy (non-hydrogen) atoms. The Morgan fingerprint density at radius 1 is 0.966 bits per heavy atom. The Labute approximate surface area is 170 Å². The minimum Gasteiger partial charge on any atom is -0.497 e.